The molecule has 1 saturated carbocycles. The van der Waals surface area contributed by atoms with Crippen molar-refractivity contribution < 1.29 is 23.1 Å². The highest BCUT2D eigenvalue weighted by molar-refractivity contribution is 6.08. The lowest BCUT2D eigenvalue weighted by Gasteiger charge is -2.32. The molecule has 33 heavy (non-hydrogen) atoms. The summed E-state index contributed by atoms with van der Waals surface area (Å²) in [5, 5.41) is 3.09. The Balaban J connectivity index is 1.84. The van der Waals surface area contributed by atoms with E-state index in [1.54, 1.807) is 49.4 Å². The predicted octanol–water partition coefficient (Wildman–Crippen LogP) is 5.18. The number of anilines is 1. The normalized spacial score (nSPS) is 14.6. The second kappa shape index (κ2) is 9.90. The van der Waals surface area contributed by atoms with Crippen LogP contribution in [0.3, 0.4) is 0 Å². The largest absolute Gasteiger partial charge is 0.497 e. The Bertz CT molecular complexity index is 1120. The number of hydrogen-bond donors (Lipinski definition) is 1. The van der Waals surface area contributed by atoms with Gasteiger partial charge in [-0.1, -0.05) is 31.0 Å². The molecule has 0 spiro atoms. The first-order valence-corrected chi connectivity index (χ1v) is 11.1. The molecule has 0 saturated heterocycles. The maximum Gasteiger partial charge on any atom is 0.294 e. The molecule has 1 aliphatic rings. The molecule has 1 aliphatic carbocycles. The van der Waals surface area contributed by atoms with E-state index in [1.165, 1.54) is 30.4 Å². The smallest absolute Gasteiger partial charge is 0.294 e. The number of rotatable bonds is 7. The Labute approximate surface area is 192 Å². The summed E-state index contributed by atoms with van der Waals surface area (Å²) >= 11 is 0. The number of methoxy groups -OCH3 is 1. The third-order valence-corrected chi connectivity index (χ3v) is 6.00. The van der Waals surface area contributed by atoms with Gasteiger partial charge in [0.25, 0.3) is 5.91 Å². The van der Waals surface area contributed by atoms with Crippen molar-refractivity contribution in [1.82, 2.24) is 5.32 Å². The third-order valence-electron chi connectivity index (χ3n) is 6.00. The number of amides is 2. The van der Waals surface area contributed by atoms with E-state index in [0.29, 0.717) is 16.9 Å². The average Bonchev–Trinajstić information content (AvgIpc) is 3.53. The Morgan fingerprint density at radius 1 is 1.12 bits per heavy atom. The van der Waals surface area contributed by atoms with Crippen LogP contribution in [-0.4, -0.2) is 25.0 Å². The summed E-state index contributed by atoms with van der Waals surface area (Å²) in [6.45, 7) is 1.64. The number of hydrogen-bond acceptors (Lipinski definition) is 4. The molecule has 3 aromatic rings. The Hall–Kier alpha value is -3.61. The van der Waals surface area contributed by atoms with E-state index < -0.39 is 17.8 Å². The average molecular weight is 451 g/mol. The summed E-state index contributed by atoms with van der Waals surface area (Å²) in [6.07, 6.45) is 5.27. The summed E-state index contributed by atoms with van der Waals surface area (Å²) in [4.78, 5) is 28.6. The van der Waals surface area contributed by atoms with Gasteiger partial charge in [0, 0.05) is 11.7 Å². The van der Waals surface area contributed by atoms with E-state index in [1.807, 2.05) is 0 Å². The lowest BCUT2D eigenvalue weighted by molar-refractivity contribution is -0.123. The molecule has 6 nitrogen and oxygen atoms in total. The molecule has 1 heterocycles. The van der Waals surface area contributed by atoms with Crippen LogP contribution in [0.4, 0.5) is 10.1 Å². The molecular weight excluding hydrogens is 423 g/mol. The van der Waals surface area contributed by atoms with Gasteiger partial charge >= 0.3 is 0 Å². The van der Waals surface area contributed by atoms with Gasteiger partial charge in [0.1, 0.15) is 17.6 Å². The number of ether oxygens (including phenoxy) is 1. The molecule has 1 fully saturated rings. The fourth-order valence-corrected chi connectivity index (χ4v) is 4.21. The van der Waals surface area contributed by atoms with Crippen LogP contribution in [0.2, 0.25) is 0 Å². The van der Waals surface area contributed by atoms with Gasteiger partial charge in [-0.25, -0.2) is 4.39 Å². The Kier molecular flexibility index (Phi) is 6.77. The zero-order valence-corrected chi connectivity index (χ0v) is 18.7. The van der Waals surface area contributed by atoms with Crippen molar-refractivity contribution in [3.05, 3.63) is 83.6 Å². The van der Waals surface area contributed by atoms with Crippen LogP contribution in [-0.2, 0) is 4.79 Å². The highest BCUT2D eigenvalue weighted by atomic mass is 19.1. The van der Waals surface area contributed by atoms with E-state index in [0.717, 1.165) is 25.7 Å². The number of benzene rings is 2. The molecule has 2 amide bonds. The predicted molar refractivity (Wildman–Crippen MR) is 123 cm³/mol. The van der Waals surface area contributed by atoms with Crippen LogP contribution >= 0.6 is 0 Å². The lowest BCUT2D eigenvalue weighted by Crippen LogP contribution is -2.46. The Morgan fingerprint density at radius 3 is 2.58 bits per heavy atom. The molecule has 1 unspecified atom stereocenters. The van der Waals surface area contributed by atoms with Crippen LogP contribution in [0.1, 0.15) is 53.4 Å². The summed E-state index contributed by atoms with van der Waals surface area (Å²) in [6, 6.07) is 13.6. The van der Waals surface area contributed by atoms with Crippen molar-refractivity contribution in [2.24, 2.45) is 0 Å². The van der Waals surface area contributed by atoms with Crippen LogP contribution in [0.15, 0.2) is 65.3 Å². The number of aryl methyl sites for hydroxylation is 1. The third kappa shape index (κ3) is 4.92. The summed E-state index contributed by atoms with van der Waals surface area (Å²) in [5.41, 5.74) is 1.25. The quantitative estimate of drug-likeness (QED) is 0.538. The van der Waals surface area contributed by atoms with E-state index >= 15 is 0 Å². The molecule has 7 heteroatoms. The van der Waals surface area contributed by atoms with Crippen molar-refractivity contribution in [2.45, 2.75) is 44.7 Å². The van der Waals surface area contributed by atoms with Crippen LogP contribution in [0, 0.1) is 12.7 Å². The van der Waals surface area contributed by atoms with Gasteiger partial charge < -0.3 is 14.5 Å². The molecule has 0 radical (unpaired) electrons. The highest BCUT2D eigenvalue weighted by Crippen LogP contribution is 2.33. The van der Waals surface area contributed by atoms with E-state index in [-0.39, 0.29) is 23.4 Å². The second-order valence-corrected chi connectivity index (χ2v) is 8.26. The molecule has 2 aromatic carbocycles. The standard InChI is InChI=1S/C26H27FN2O4/c1-17-12-13-20(16-22(17)27)29(26(31)23-11-6-14-33-23)24(18-7-5-10-21(15-18)32-2)25(30)28-19-8-3-4-9-19/h5-7,10-16,19,24H,3-4,8-9H2,1-2H3,(H,28,30). The fourth-order valence-electron chi connectivity index (χ4n) is 4.21. The monoisotopic (exact) mass is 450 g/mol. The van der Waals surface area contributed by atoms with E-state index in [2.05, 4.69) is 5.32 Å². The summed E-state index contributed by atoms with van der Waals surface area (Å²) in [5.74, 6) is -0.747. The molecular formula is C26H27FN2O4. The number of halogens is 1. The maximum atomic E-state index is 14.6. The molecule has 4 rings (SSSR count). The minimum Gasteiger partial charge on any atom is -0.497 e. The molecule has 1 N–H and O–H groups in total. The van der Waals surface area contributed by atoms with Crippen molar-refractivity contribution in [1.29, 1.82) is 0 Å². The van der Waals surface area contributed by atoms with Gasteiger partial charge in [-0.05, 0) is 67.3 Å². The van der Waals surface area contributed by atoms with Crippen molar-refractivity contribution >= 4 is 17.5 Å². The molecule has 1 atom stereocenters. The van der Waals surface area contributed by atoms with Crippen LogP contribution in [0.5, 0.6) is 5.75 Å². The second-order valence-electron chi connectivity index (χ2n) is 8.26. The lowest BCUT2D eigenvalue weighted by atomic mass is 10.0. The van der Waals surface area contributed by atoms with Gasteiger partial charge in [-0.15, -0.1) is 0 Å². The number of carbonyl (C=O) groups excluding carboxylic acids is 2. The van der Waals surface area contributed by atoms with Crippen LogP contribution in [0.25, 0.3) is 0 Å². The van der Waals surface area contributed by atoms with Gasteiger partial charge in [0.2, 0.25) is 5.91 Å². The zero-order chi connectivity index (χ0) is 23.4. The van der Waals surface area contributed by atoms with Gasteiger partial charge in [-0.3, -0.25) is 14.5 Å². The maximum absolute atomic E-state index is 14.6. The zero-order valence-electron chi connectivity index (χ0n) is 18.7. The SMILES string of the molecule is COc1cccc(C(C(=O)NC2CCCC2)N(C(=O)c2ccco2)c2ccc(C)c(F)c2)c1. The minimum absolute atomic E-state index is 0.0425. The highest BCUT2D eigenvalue weighted by Gasteiger charge is 2.36. The number of furan rings is 1. The van der Waals surface area contributed by atoms with Crippen molar-refractivity contribution in [3.8, 4) is 5.75 Å². The molecule has 0 aliphatic heterocycles. The van der Waals surface area contributed by atoms with Crippen LogP contribution < -0.4 is 15.0 Å². The first-order chi connectivity index (χ1) is 16.0. The molecule has 172 valence electrons. The van der Waals surface area contributed by atoms with E-state index in [4.69, 9.17) is 9.15 Å². The van der Waals surface area contributed by atoms with Crippen molar-refractivity contribution in [2.75, 3.05) is 12.0 Å². The summed E-state index contributed by atoms with van der Waals surface area (Å²) < 4.78 is 25.3. The number of nitrogens with zero attached hydrogens (tertiary/aromatic N) is 1. The number of nitrogens with one attached hydrogen (secondary N) is 1. The van der Waals surface area contributed by atoms with Gasteiger partial charge in [0.05, 0.1) is 13.4 Å². The number of carbonyl (C=O) groups is 2. The van der Waals surface area contributed by atoms with Gasteiger partial charge in [0.15, 0.2) is 5.76 Å². The fraction of sp³-hybridized carbons (Fsp3) is 0.308. The topological polar surface area (TPSA) is 71.8 Å². The van der Waals surface area contributed by atoms with E-state index in [9.17, 15) is 14.0 Å². The first-order valence-electron chi connectivity index (χ1n) is 11.1. The molecule has 0 bridgehead atoms. The Morgan fingerprint density at radius 2 is 1.91 bits per heavy atom. The minimum atomic E-state index is -1.06. The summed E-state index contributed by atoms with van der Waals surface area (Å²) in [7, 11) is 1.54. The first kappa shape index (κ1) is 22.6. The molecule has 1 aromatic heterocycles. The van der Waals surface area contributed by atoms with Crippen molar-refractivity contribution in [3.63, 3.8) is 0 Å². The van der Waals surface area contributed by atoms with Gasteiger partial charge in [-0.2, -0.15) is 0 Å².